The van der Waals surface area contributed by atoms with Crippen molar-refractivity contribution in [1.82, 2.24) is 0 Å². The van der Waals surface area contributed by atoms with Crippen molar-refractivity contribution < 1.29 is 23.1 Å². The Morgan fingerprint density at radius 1 is 1.15 bits per heavy atom. The van der Waals surface area contributed by atoms with Gasteiger partial charge in [0.05, 0.1) is 17.9 Å². The number of carbonyl (C=O) groups excluding carboxylic acids is 1. The van der Waals surface area contributed by atoms with Crippen LogP contribution in [0.25, 0.3) is 0 Å². The summed E-state index contributed by atoms with van der Waals surface area (Å²) in [4.78, 5) is 23.5. The molecule has 2 N–H and O–H groups in total. The Hall–Kier alpha value is -2.87. The molecule has 1 unspecified atom stereocenters. The van der Waals surface area contributed by atoms with Gasteiger partial charge in [0.2, 0.25) is 10.0 Å². The lowest BCUT2D eigenvalue weighted by Crippen LogP contribution is -2.27. The molecule has 1 aliphatic heterocycles. The molecule has 0 saturated heterocycles. The van der Waals surface area contributed by atoms with Crippen molar-refractivity contribution in [2.24, 2.45) is 0 Å². The van der Waals surface area contributed by atoms with Gasteiger partial charge in [-0.05, 0) is 54.8 Å². The predicted octanol–water partition coefficient (Wildman–Crippen LogP) is 2.45. The molecular weight excluding hydrogens is 368 g/mol. The summed E-state index contributed by atoms with van der Waals surface area (Å²) >= 11 is 0. The number of carbonyl (C=O) groups is 2. The first-order valence-corrected chi connectivity index (χ1v) is 10.3. The van der Waals surface area contributed by atoms with Crippen LogP contribution in [-0.4, -0.2) is 38.2 Å². The number of sulfonamides is 1. The summed E-state index contributed by atoms with van der Waals surface area (Å²) in [7, 11) is -3.32. The van der Waals surface area contributed by atoms with Crippen molar-refractivity contribution in [3.8, 4) is 0 Å². The predicted molar refractivity (Wildman–Crippen MR) is 103 cm³/mol. The number of hydrogen-bond donors (Lipinski definition) is 2. The molecule has 7 nitrogen and oxygen atoms in total. The summed E-state index contributed by atoms with van der Waals surface area (Å²) in [5, 5.41) is 11.8. The van der Waals surface area contributed by atoms with Gasteiger partial charge in [-0.2, -0.15) is 0 Å². The van der Waals surface area contributed by atoms with Gasteiger partial charge in [0.1, 0.15) is 0 Å². The summed E-state index contributed by atoms with van der Waals surface area (Å²) in [5.74, 6) is -1.84. The Balaban J connectivity index is 1.75. The summed E-state index contributed by atoms with van der Waals surface area (Å²) in [5.41, 5.74) is 3.07. The van der Waals surface area contributed by atoms with Crippen molar-refractivity contribution in [2.75, 3.05) is 22.4 Å². The van der Waals surface area contributed by atoms with E-state index < -0.39 is 21.9 Å². The molecule has 0 saturated carbocycles. The van der Waals surface area contributed by atoms with Gasteiger partial charge in [0.25, 0.3) is 5.91 Å². The Labute approximate surface area is 157 Å². The minimum absolute atomic E-state index is 0.311. The van der Waals surface area contributed by atoms with Gasteiger partial charge in [0.15, 0.2) is 0 Å². The van der Waals surface area contributed by atoms with Crippen LogP contribution >= 0.6 is 0 Å². The van der Waals surface area contributed by atoms with Gasteiger partial charge in [0, 0.05) is 17.8 Å². The first kappa shape index (κ1) is 18.9. The number of benzene rings is 2. The van der Waals surface area contributed by atoms with Crippen molar-refractivity contribution in [1.29, 1.82) is 0 Å². The molecule has 27 heavy (non-hydrogen) atoms. The Kier molecular flexibility index (Phi) is 4.93. The van der Waals surface area contributed by atoms with Crippen LogP contribution in [0.2, 0.25) is 0 Å². The standard InChI is InChI=1S/C19H20N2O5S/c1-12(19(23)24)13-3-6-16(7-4-13)20-18(22)15-5-8-17-14(11-15)9-10-21(17)27(2,25)26/h3-8,11-12H,9-10H2,1-2H3,(H,20,22)(H,23,24). The van der Waals surface area contributed by atoms with Crippen LogP contribution in [0.1, 0.15) is 34.3 Å². The van der Waals surface area contributed by atoms with Crippen LogP contribution in [-0.2, 0) is 21.2 Å². The number of anilines is 2. The van der Waals surface area contributed by atoms with Gasteiger partial charge in [-0.1, -0.05) is 12.1 Å². The number of nitrogens with one attached hydrogen (secondary N) is 1. The van der Waals surface area contributed by atoms with Crippen molar-refractivity contribution in [3.63, 3.8) is 0 Å². The van der Waals surface area contributed by atoms with E-state index in [9.17, 15) is 18.0 Å². The van der Waals surface area contributed by atoms with Gasteiger partial charge in [-0.3, -0.25) is 13.9 Å². The van der Waals surface area contributed by atoms with E-state index in [2.05, 4.69) is 5.32 Å². The van der Waals surface area contributed by atoms with E-state index in [1.165, 1.54) is 4.31 Å². The zero-order valence-corrected chi connectivity index (χ0v) is 15.8. The van der Waals surface area contributed by atoms with E-state index in [-0.39, 0.29) is 5.91 Å². The highest BCUT2D eigenvalue weighted by atomic mass is 32.2. The van der Waals surface area contributed by atoms with E-state index in [1.54, 1.807) is 49.4 Å². The lowest BCUT2D eigenvalue weighted by molar-refractivity contribution is -0.138. The first-order chi connectivity index (χ1) is 12.7. The minimum Gasteiger partial charge on any atom is -0.481 e. The maximum Gasteiger partial charge on any atom is 0.310 e. The van der Waals surface area contributed by atoms with Crippen LogP contribution in [0.15, 0.2) is 42.5 Å². The second-order valence-electron chi connectivity index (χ2n) is 6.56. The third kappa shape index (κ3) is 3.95. The molecule has 0 spiro atoms. The van der Waals surface area contributed by atoms with Gasteiger partial charge >= 0.3 is 5.97 Å². The van der Waals surface area contributed by atoms with Crippen molar-refractivity contribution >= 4 is 33.3 Å². The Morgan fingerprint density at radius 3 is 2.41 bits per heavy atom. The first-order valence-electron chi connectivity index (χ1n) is 8.41. The van der Waals surface area contributed by atoms with Gasteiger partial charge in [-0.15, -0.1) is 0 Å². The molecule has 0 aliphatic carbocycles. The highest BCUT2D eigenvalue weighted by Crippen LogP contribution is 2.31. The molecule has 0 fully saturated rings. The molecule has 1 aliphatic rings. The van der Waals surface area contributed by atoms with Crippen LogP contribution < -0.4 is 9.62 Å². The van der Waals surface area contributed by atoms with E-state index in [0.717, 1.165) is 11.8 Å². The minimum atomic E-state index is -3.32. The third-order valence-corrected chi connectivity index (χ3v) is 5.81. The lowest BCUT2D eigenvalue weighted by Gasteiger charge is -2.16. The van der Waals surface area contributed by atoms with E-state index in [0.29, 0.717) is 35.5 Å². The number of carboxylic acid groups (broad SMARTS) is 1. The van der Waals surface area contributed by atoms with Crippen LogP contribution in [0.5, 0.6) is 0 Å². The number of fused-ring (bicyclic) bond motifs is 1. The molecule has 8 heteroatoms. The quantitative estimate of drug-likeness (QED) is 0.819. The molecule has 0 bridgehead atoms. The fraction of sp³-hybridized carbons (Fsp3) is 0.263. The maximum atomic E-state index is 12.5. The van der Waals surface area contributed by atoms with E-state index in [1.807, 2.05) is 0 Å². The van der Waals surface area contributed by atoms with E-state index >= 15 is 0 Å². The van der Waals surface area contributed by atoms with Crippen LogP contribution in [0, 0.1) is 0 Å². The van der Waals surface area contributed by atoms with E-state index in [4.69, 9.17) is 5.11 Å². The topological polar surface area (TPSA) is 104 Å². The lowest BCUT2D eigenvalue weighted by atomic mass is 10.0. The molecule has 2 aromatic carbocycles. The smallest absolute Gasteiger partial charge is 0.310 e. The summed E-state index contributed by atoms with van der Waals surface area (Å²) in [6.07, 6.45) is 1.73. The monoisotopic (exact) mass is 388 g/mol. The third-order valence-electron chi connectivity index (χ3n) is 4.63. The Bertz CT molecular complexity index is 999. The molecule has 0 radical (unpaired) electrons. The number of rotatable bonds is 5. The molecule has 2 aromatic rings. The highest BCUT2D eigenvalue weighted by Gasteiger charge is 2.26. The fourth-order valence-corrected chi connectivity index (χ4v) is 4.02. The molecule has 0 aromatic heterocycles. The van der Waals surface area contributed by atoms with Gasteiger partial charge < -0.3 is 10.4 Å². The molecule has 142 valence electrons. The average molecular weight is 388 g/mol. The largest absolute Gasteiger partial charge is 0.481 e. The summed E-state index contributed by atoms with van der Waals surface area (Å²) in [6, 6.07) is 11.6. The van der Waals surface area contributed by atoms with Crippen LogP contribution in [0.3, 0.4) is 0 Å². The number of nitrogens with zero attached hydrogens (tertiary/aromatic N) is 1. The normalized spacial score (nSPS) is 14.5. The van der Waals surface area contributed by atoms with Crippen molar-refractivity contribution in [3.05, 3.63) is 59.2 Å². The number of carboxylic acids is 1. The van der Waals surface area contributed by atoms with Crippen LogP contribution in [0.4, 0.5) is 11.4 Å². The Morgan fingerprint density at radius 2 is 1.81 bits per heavy atom. The number of aliphatic carboxylic acids is 1. The molecule has 1 amide bonds. The highest BCUT2D eigenvalue weighted by molar-refractivity contribution is 7.92. The summed E-state index contributed by atoms with van der Waals surface area (Å²) < 4.78 is 24.9. The molecule has 1 atom stereocenters. The fourth-order valence-electron chi connectivity index (χ4n) is 3.06. The van der Waals surface area contributed by atoms with Crippen molar-refractivity contribution in [2.45, 2.75) is 19.3 Å². The molecular formula is C19H20N2O5S. The molecule has 3 rings (SSSR count). The average Bonchev–Trinajstić information content (AvgIpc) is 3.05. The van der Waals surface area contributed by atoms with Gasteiger partial charge in [-0.25, -0.2) is 8.42 Å². The zero-order valence-electron chi connectivity index (χ0n) is 15.0. The summed E-state index contributed by atoms with van der Waals surface area (Å²) in [6.45, 7) is 1.97. The SMILES string of the molecule is CC(C(=O)O)c1ccc(NC(=O)c2ccc3c(c2)CCN3S(C)(=O)=O)cc1. The molecule has 1 heterocycles. The number of amides is 1. The second-order valence-corrected chi connectivity index (χ2v) is 8.47. The number of hydrogen-bond acceptors (Lipinski definition) is 4. The second kappa shape index (κ2) is 7.03. The maximum absolute atomic E-state index is 12.5. The zero-order chi connectivity index (χ0) is 19.8.